The van der Waals surface area contributed by atoms with Gasteiger partial charge < -0.3 is 5.32 Å². The van der Waals surface area contributed by atoms with Crippen LogP contribution in [0.15, 0.2) is 45.8 Å². The molecule has 1 aliphatic heterocycles. The van der Waals surface area contributed by atoms with Crippen molar-refractivity contribution < 1.29 is 4.39 Å². The Morgan fingerprint density at radius 2 is 2.19 bits per heavy atom. The van der Waals surface area contributed by atoms with Crippen molar-refractivity contribution in [3.8, 4) is 6.07 Å². The maximum Gasteiger partial charge on any atom is 0.137 e. The summed E-state index contributed by atoms with van der Waals surface area (Å²) in [6, 6.07) is 13.0. The fourth-order valence-electron chi connectivity index (χ4n) is 2.46. The van der Waals surface area contributed by atoms with Crippen molar-refractivity contribution in [2.45, 2.75) is 17.4 Å². The van der Waals surface area contributed by atoms with Gasteiger partial charge in [0.05, 0.1) is 17.3 Å². The van der Waals surface area contributed by atoms with E-state index in [1.165, 1.54) is 6.07 Å². The minimum Gasteiger partial charge on any atom is -0.377 e. The predicted molar refractivity (Wildman–Crippen MR) is 87.0 cm³/mol. The standard InChI is InChI=1S/C16H12BrFN2S/c17-11-4-5-14(10(8-11)9-19)20-15-6-7-21-16-12(15)2-1-3-13(16)18/h1-5,8,15,20H,6-7H2. The Bertz CT molecular complexity index is 727. The molecular weight excluding hydrogens is 351 g/mol. The number of nitrogens with zero attached hydrogens (tertiary/aromatic N) is 1. The molecule has 0 fully saturated rings. The summed E-state index contributed by atoms with van der Waals surface area (Å²) in [7, 11) is 0. The summed E-state index contributed by atoms with van der Waals surface area (Å²) < 4.78 is 14.7. The van der Waals surface area contributed by atoms with E-state index in [1.54, 1.807) is 23.9 Å². The third kappa shape index (κ3) is 2.92. The lowest BCUT2D eigenvalue weighted by atomic mass is 10.0. The van der Waals surface area contributed by atoms with Crippen LogP contribution in [0.25, 0.3) is 0 Å². The van der Waals surface area contributed by atoms with E-state index in [1.807, 2.05) is 18.2 Å². The van der Waals surface area contributed by atoms with E-state index in [4.69, 9.17) is 0 Å². The van der Waals surface area contributed by atoms with Gasteiger partial charge in [0, 0.05) is 15.1 Å². The third-order valence-electron chi connectivity index (χ3n) is 3.46. The number of halogens is 2. The second kappa shape index (κ2) is 6.08. The summed E-state index contributed by atoms with van der Waals surface area (Å²) in [4.78, 5) is 0.719. The van der Waals surface area contributed by atoms with Crippen molar-refractivity contribution in [1.82, 2.24) is 0 Å². The Morgan fingerprint density at radius 1 is 1.33 bits per heavy atom. The van der Waals surface area contributed by atoms with Gasteiger partial charge in [-0.2, -0.15) is 5.26 Å². The summed E-state index contributed by atoms with van der Waals surface area (Å²) >= 11 is 4.92. The second-order valence-electron chi connectivity index (χ2n) is 4.79. The molecule has 1 atom stereocenters. The Balaban J connectivity index is 1.95. The molecule has 0 amide bonds. The number of fused-ring (bicyclic) bond motifs is 1. The zero-order valence-electron chi connectivity index (χ0n) is 11.1. The van der Waals surface area contributed by atoms with E-state index in [0.717, 1.165) is 32.8 Å². The summed E-state index contributed by atoms with van der Waals surface area (Å²) in [5.74, 6) is 0.699. The summed E-state index contributed by atoms with van der Waals surface area (Å²) in [6.45, 7) is 0. The average molecular weight is 363 g/mol. The van der Waals surface area contributed by atoms with Gasteiger partial charge in [-0.15, -0.1) is 11.8 Å². The second-order valence-corrected chi connectivity index (χ2v) is 6.81. The fraction of sp³-hybridized carbons (Fsp3) is 0.188. The molecule has 1 unspecified atom stereocenters. The smallest absolute Gasteiger partial charge is 0.137 e. The van der Waals surface area contributed by atoms with Crippen LogP contribution in [0.1, 0.15) is 23.6 Å². The van der Waals surface area contributed by atoms with Crippen LogP contribution in [0.5, 0.6) is 0 Å². The molecule has 2 aromatic carbocycles. The minimum atomic E-state index is -0.166. The van der Waals surface area contributed by atoms with Gasteiger partial charge in [0.2, 0.25) is 0 Å². The Labute approximate surface area is 135 Å². The lowest BCUT2D eigenvalue weighted by Crippen LogP contribution is -2.17. The molecule has 3 rings (SSSR count). The van der Waals surface area contributed by atoms with Crippen LogP contribution in [-0.4, -0.2) is 5.75 Å². The quantitative estimate of drug-likeness (QED) is 0.806. The van der Waals surface area contributed by atoms with Crippen molar-refractivity contribution in [1.29, 1.82) is 5.26 Å². The zero-order chi connectivity index (χ0) is 14.8. The monoisotopic (exact) mass is 362 g/mol. The lowest BCUT2D eigenvalue weighted by molar-refractivity contribution is 0.585. The number of nitriles is 1. The first-order valence-corrected chi connectivity index (χ1v) is 8.34. The van der Waals surface area contributed by atoms with Crippen LogP contribution in [0, 0.1) is 17.1 Å². The van der Waals surface area contributed by atoms with Crippen molar-refractivity contribution in [3.63, 3.8) is 0 Å². The van der Waals surface area contributed by atoms with E-state index in [2.05, 4.69) is 27.3 Å². The zero-order valence-corrected chi connectivity index (χ0v) is 13.5. The molecule has 0 saturated heterocycles. The van der Waals surface area contributed by atoms with Gasteiger partial charge in [-0.25, -0.2) is 4.39 Å². The lowest BCUT2D eigenvalue weighted by Gasteiger charge is -2.27. The Hall–Kier alpha value is -1.51. The van der Waals surface area contributed by atoms with Crippen molar-refractivity contribution in [2.75, 3.05) is 11.1 Å². The van der Waals surface area contributed by atoms with E-state index in [0.29, 0.717) is 5.56 Å². The maximum absolute atomic E-state index is 13.9. The summed E-state index contributed by atoms with van der Waals surface area (Å²) in [6.07, 6.45) is 0.905. The first-order valence-electron chi connectivity index (χ1n) is 6.56. The Kier molecular flexibility index (Phi) is 4.18. The molecule has 0 radical (unpaired) electrons. The molecule has 0 spiro atoms. The van der Waals surface area contributed by atoms with Crippen molar-refractivity contribution in [2.24, 2.45) is 0 Å². The Morgan fingerprint density at radius 3 is 3.00 bits per heavy atom. The molecule has 0 saturated carbocycles. The van der Waals surface area contributed by atoms with Gasteiger partial charge in [0.25, 0.3) is 0 Å². The van der Waals surface area contributed by atoms with Crippen LogP contribution in [0.2, 0.25) is 0 Å². The SMILES string of the molecule is N#Cc1cc(Br)ccc1NC1CCSc2c(F)cccc21. The number of hydrogen-bond donors (Lipinski definition) is 1. The molecule has 21 heavy (non-hydrogen) atoms. The van der Waals surface area contributed by atoms with Gasteiger partial charge in [0.15, 0.2) is 0 Å². The first kappa shape index (κ1) is 14.4. The molecule has 0 bridgehead atoms. The van der Waals surface area contributed by atoms with Gasteiger partial charge in [-0.05, 0) is 36.2 Å². The molecule has 0 aliphatic carbocycles. The number of hydrogen-bond acceptors (Lipinski definition) is 3. The first-order chi connectivity index (χ1) is 10.2. The topological polar surface area (TPSA) is 35.8 Å². The molecule has 1 heterocycles. The van der Waals surface area contributed by atoms with Crippen LogP contribution in [-0.2, 0) is 0 Å². The molecule has 5 heteroatoms. The molecule has 0 aromatic heterocycles. The number of benzene rings is 2. The maximum atomic E-state index is 13.9. The molecular formula is C16H12BrFN2S. The normalized spacial score (nSPS) is 16.9. The van der Waals surface area contributed by atoms with Gasteiger partial charge in [-0.3, -0.25) is 0 Å². The van der Waals surface area contributed by atoms with Crippen LogP contribution >= 0.6 is 27.7 Å². The predicted octanol–water partition coefficient (Wildman–Crippen LogP) is 5.11. The minimum absolute atomic E-state index is 0.0326. The molecule has 1 aliphatic rings. The molecule has 1 N–H and O–H groups in total. The van der Waals surface area contributed by atoms with Crippen LogP contribution < -0.4 is 5.32 Å². The van der Waals surface area contributed by atoms with Crippen LogP contribution in [0.3, 0.4) is 0 Å². The fourth-order valence-corrected chi connectivity index (χ4v) is 3.96. The van der Waals surface area contributed by atoms with Gasteiger partial charge >= 0.3 is 0 Å². The van der Waals surface area contributed by atoms with Gasteiger partial charge in [-0.1, -0.05) is 28.1 Å². The highest BCUT2D eigenvalue weighted by atomic mass is 79.9. The summed E-state index contributed by atoms with van der Waals surface area (Å²) in [5, 5.41) is 12.6. The molecule has 2 nitrogen and oxygen atoms in total. The highest BCUT2D eigenvalue weighted by molar-refractivity contribution is 9.10. The van der Waals surface area contributed by atoms with Gasteiger partial charge in [0.1, 0.15) is 11.9 Å². The van der Waals surface area contributed by atoms with E-state index >= 15 is 0 Å². The number of thioether (sulfide) groups is 1. The number of nitrogens with one attached hydrogen (secondary N) is 1. The molecule has 2 aromatic rings. The van der Waals surface area contributed by atoms with E-state index in [9.17, 15) is 9.65 Å². The van der Waals surface area contributed by atoms with Crippen molar-refractivity contribution in [3.05, 3.63) is 57.8 Å². The largest absolute Gasteiger partial charge is 0.377 e. The summed E-state index contributed by atoms with van der Waals surface area (Å²) in [5.41, 5.74) is 2.34. The van der Waals surface area contributed by atoms with E-state index < -0.39 is 0 Å². The van der Waals surface area contributed by atoms with Crippen molar-refractivity contribution >= 4 is 33.4 Å². The molecule has 106 valence electrons. The highest BCUT2D eigenvalue weighted by Gasteiger charge is 2.23. The van der Waals surface area contributed by atoms with Crippen LogP contribution in [0.4, 0.5) is 10.1 Å². The number of rotatable bonds is 2. The average Bonchev–Trinajstić information content (AvgIpc) is 2.50. The van der Waals surface area contributed by atoms with E-state index in [-0.39, 0.29) is 11.9 Å². The number of anilines is 1. The third-order valence-corrected chi connectivity index (χ3v) is 5.11. The highest BCUT2D eigenvalue weighted by Crippen LogP contribution is 2.39.